The number of nitrogens with two attached hydrogens (primary N) is 1. The lowest BCUT2D eigenvalue weighted by atomic mass is 10.2. The molecule has 0 spiro atoms. The molecule has 0 aliphatic carbocycles. The van der Waals surface area contributed by atoms with Crippen LogP contribution in [-0.4, -0.2) is 26.8 Å². The molecule has 18 heavy (non-hydrogen) atoms. The van der Waals surface area contributed by atoms with Gasteiger partial charge in [0.15, 0.2) is 11.8 Å². The molecule has 2 heterocycles. The molecule has 6 heteroatoms. The van der Waals surface area contributed by atoms with E-state index in [1.165, 1.54) is 12.8 Å². The molecule has 1 unspecified atom stereocenters. The van der Waals surface area contributed by atoms with Gasteiger partial charge in [-0.25, -0.2) is 4.99 Å². The molecule has 6 nitrogen and oxygen atoms in total. The van der Waals surface area contributed by atoms with Gasteiger partial charge in [0.2, 0.25) is 0 Å². The molecule has 0 fully saturated rings. The monoisotopic (exact) mass is 250 g/mol. The quantitative estimate of drug-likeness (QED) is 0.612. The molecule has 2 rings (SSSR count). The summed E-state index contributed by atoms with van der Waals surface area (Å²) in [7, 11) is 0. The van der Waals surface area contributed by atoms with E-state index in [-0.39, 0.29) is 0 Å². The van der Waals surface area contributed by atoms with Gasteiger partial charge in [-0.2, -0.15) is 0 Å². The molecule has 0 amide bonds. The number of nitrogens with zero attached hydrogens (tertiary/aromatic N) is 4. The highest BCUT2D eigenvalue weighted by Crippen LogP contribution is 2.14. The fourth-order valence-electron chi connectivity index (χ4n) is 2.04. The minimum absolute atomic E-state index is 0.348. The lowest BCUT2D eigenvalue weighted by molar-refractivity contribution is 0.508. The highest BCUT2D eigenvalue weighted by atomic mass is 15.3. The zero-order valence-electron chi connectivity index (χ0n) is 11.2. The van der Waals surface area contributed by atoms with Crippen LogP contribution in [0.2, 0.25) is 0 Å². The fourth-order valence-corrected chi connectivity index (χ4v) is 2.04. The molecule has 0 radical (unpaired) electrons. The number of fused-ring (bicyclic) bond motifs is 1. The zero-order chi connectivity index (χ0) is 13.0. The van der Waals surface area contributed by atoms with Crippen LogP contribution in [-0.2, 0) is 19.5 Å². The highest BCUT2D eigenvalue weighted by molar-refractivity contribution is 5.78. The number of guanidine groups is 1. The Bertz CT molecular complexity index is 422. The highest BCUT2D eigenvalue weighted by Gasteiger charge is 2.15. The Morgan fingerprint density at radius 3 is 3.11 bits per heavy atom. The van der Waals surface area contributed by atoms with Crippen LogP contribution in [0.1, 0.15) is 44.8 Å². The second-order valence-corrected chi connectivity index (χ2v) is 4.80. The van der Waals surface area contributed by atoms with Crippen LogP contribution >= 0.6 is 0 Å². The number of hydrogen-bond acceptors (Lipinski definition) is 3. The largest absolute Gasteiger partial charge is 0.370 e. The summed E-state index contributed by atoms with van der Waals surface area (Å²) in [5.41, 5.74) is 5.82. The molecule has 0 saturated carbocycles. The van der Waals surface area contributed by atoms with Crippen LogP contribution in [0, 0.1) is 0 Å². The van der Waals surface area contributed by atoms with Gasteiger partial charge in [-0.05, 0) is 26.2 Å². The third kappa shape index (κ3) is 3.00. The van der Waals surface area contributed by atoms with Gasteiger partial charge in [-0.15, -0.1) is 10.2 Å². The normalized spacial score (nSPS) is 17.3. The predicted molar refractivity (Wildman–Crippen MR) is 71.2 cm³/mol. The molecule has 3 N–H and O–H groups in total. The Labute approximate surface area is 108 Å². The topological polar surface area (TPSA) is 81.1 Å². The maximum Gasteiger partial charge on any atom is 0.189 e. The van der Waals surface area contributed by atoms with Crippen LogP contribution in [0.3, 0.4) is 0 Å². The van der Waals surface area contributed by atoms with Gasteiger partial charge in [0.05, 0.1) is 0 Å². The van der Waals surface area contributed by atoms with Crippen LogP contribution in [0.4, 0.5) is 0 Å². The van der Waals surface area contributed by atoms with E-state index in [2.05, 4.69) is 38.9 Å². The van der Waals surface area contributed by atoms with Crippen molar-refractivity contribution in [3.63, 3.8) is 0 Å². The summed E-state index contributed by atoms with van der Waals surface area (Å²) >= 11 is 0. The van der Waals surface area contributed by atoms with Gasteiger partial charge in [0.1, 0.15) is 12.4 Å². The summed E-state index contributed by atoms with van der Waals surface area (Å²) in [5, 5.41) is 11.5. The zero-order valence-corrected chi connectivity index (χ0v) is 11.2. The predicted octanol–water partition coefficient (Wildman–Crippen LogP) is 0.817. The molecule has 1 aliphatic heterocycles. The SMILES string of the molecule is CCC(C)NC(N)=NCc1nnc2n1CCCC2. The molecule has 1 aliphatic rings. The van der Waals surface area contributed by atoms with E-state index in [9.17, 15) is 0 Å². The van der Waals surface area contributed by atoms with E-state index in [0.29, 0.717) is 18.5 Å². The Morgan fingerprint density at radius 1 is 1.50 bits per heavy atom. The standard InChI is InChI=1S/C12H22N6/c1-3-9(2)15-12(13)14-8-11-17-16-10-6-4-5-7-18(10)11/h9H,3-8H2,1-2H3,(H3,13,14,15). The number of aromatic nitrogens is 3. The van der Waals surface area contributed by atoms with E-state index >= 15 is 0 Å². The fraction of sp³-hybridized carbons (Fsp3) is 0.750. The molecular formula is C12H22N6. The third-order valence-electron chi connectivity index (χ3n) is 3.33. The lowest BCUT2D eigenvalue weighted by Crippen LogP contribution is -2.38. The molecule has 100 valence electrons. The molecule has 0 saturated heterocycles. The first-order valence-corrected chi connectivity index (χ1v) is 6.68. The van der Waals surface area contributed by atoms with Crippen molar-refractivity contribution in [3.05, 3.63) is 11.6 Å². The van der Waals surface area contributed by atoms with Gasteiger partial charge in [0.25, 0.3) is 0 Å². The number of hydrogen-bond donors (Lipinski definition) is 2. The molecular weight excluding hydrogens is 228 g/mol. The van der Waals surface area contributed by atoms with Gasteiger partial charge < -0.3 is 15.6 Å². The number of aryl methyl sites for hydroxylation is 1. The molecule has 0 bridgehead atoms. The second kappa shape index (κ2) is 5.84. The average molecular weight is 250 g/mol. The van der Waals surface area contributed by atoms with Crippen LogP contribution < -0.4 is 11.1 Å². The maximum absolute atomic E-state index is 5.82. The summed E-state index contributed by atoms with van der Waals surface area (Å²) in [6.07, 6.45) is 4.45. The van der Waals surface area contributed by atoms with E-state index < -0.39 is 0 Å². The summed E-state index contributed by atoms with van der Waals surface area (Å²) in [5.74, 6) is 2.48. The van der Waals surface area contributed by atoms with Crippen molar-refractivity contribution in [1.82, 2.24) is 20.1 Å². The van der Waals surface area contributed by atoms with Crippen LogP contribution in [0.5, 0.6) is 0 Å². The molecule has 1 aromatic heterocycles. The second-order valence-electron chi connectivity index (χ2n) is 4.80. The maximum atomic E-state index is 5.82. The summed E-state index contributed by atoms with van der Waals surface area (Å²) < 4.78 is 2.17. The van der Waals surface area contributed by atoms with Crippen molar-refractivity contribution in [2.45, 2.75) is 58.7 Å². The first kappa shape index (κ1) is 12.9. The van der Waals surface area contributed by atoms with E-state index in [1.54, 1.807) is 0 Å². The van der Waals surface area contributed by atoms with Crippen molar-refractivity contribution in [2.24, 2.45) is 10.7 Å². The number of aliphatic imine (C=N–C) groups is 1. The Hall–Kier alpha value is -1.59. The smallest absolute Gasteiger partial charge is 0.189 e. The Morgan fingerprint density at radius 2 is 2.33 bits per heavy atom. The first-order valence-electron chi connectivity index (χ1n) is 6.68. The van der Waals surface area contributed by atoms with Crippen molar-refractivity contribution in [3.8, 4) is 0 Å². The average Bonchev–Trinajstić information content (AvgIpc) is 2.79. The van der Waals surface area contributed by atoms with Crippen LogP contribution in [0.15, 0.2) is 4.99 Å². The Kier molecular flexibility index (Phi) is 4.17. The molecule has 1 atom stereocenters. The van der Waals surface area contributed by atoms with Gasteiger partial charge in [0, 0.05) is 19.0 Å². The van der Waals surface area contributed by atoms with Crippen molar-refractivity contribution >= 4 is 5.96 Å². The van der Waals surface area contributed by atoms with Crippen molar-refractivity contribution in [1.29, 1.82) is 0 Å². The van der Waals surface area contributed by atoms with Gasteiger partial charge >= 0.3 is 0 Å². The summed E-state index contributed by atoms with van der Waals surface area (Å²) in [4.78, 5) is 4.32. The molecule has 1 aromatic rings. The summed E-state index contributed by atoms with van der Waals surface area (Å²) in [6.45, 7) is 5.70. The minimum Gasteiger partial charge on any atom is -0.370 e. The molecule has 0 aromatic carbocycles. The third-order valence-corrected chi connectivity index (χ3v) is 3.33. The first-order chi connectivity index (χ1) is 8.70. The number of rotatable bonds is 4. The Balaban J connectivity index is 1.97. The lowest BCUT2D eigenvalue weighted by Gasteiger charge is -2.14. The van der Waals surface area contributed by atoms with Crippen molar-refractivity contribution in [2.75, 3.05) is 0 Å². The number of nitrogens with one attached hydrogen (secondary N) is 1. The van der Waals surface area contributed by atoms with Gasteiger partial charge in [-0.1, -0.05) is 6.92 Å². The van der Waals surface area contributed by atoms with Crippen molar-refractivity contribution < 1.29 is 0 Å². The van der Waals surface area contributed by atoms with E-state index in [1.807, 2.05) is 0 Å². The summed E-state index contributed by atoms with van der Waals surface area (Å²) in [6, 6.07) is 0.348. The minimum atomic E-state index is 0.348. The van der Waals surface area contributed by atoms with E-state index in [4.69, 9.17) is 5.73 Å². The van der Waals surface area contributed by atoms with Gasteiger partial charge in [-0.3, -0.25) is 0 Å². The van der Waals surface area contributed by atoms with Crippen LogP contribution in [0.25, 0.3) is 0 Å². The van der Waals surface area contributed by atoms with E-state index in [0.717, 1.165) is 31.0 Å².